The first-order valence-corrected chi connectivity index (χ1v) is 10.9. The molecule has 30 heavy (non-hydrogen) atoms. The predicted octanol–water partition coefficient (Wildman–Crippen LogP) is 2.44. The van der Waals surface area contributed by atoms with Crippen LogP contribution in [0.2, 0.25) is 0 Å². The number of carbonyl (C=O) groups is 1. The molecule has 4 heterocycles. The monoisotopic (exact) mass is 419 g/mol. The Morgan fingerprint density at radius 3 is 2.70 bits per heavy atom. The second-order valence-electron chi connectivity index (χ2n) is 6.87. The van der Waals surface area contributed by atoms with Crippen molar-refractivity contribution in [2.24, 2.45) is 4.40 Å². The quantitative estimate of drug-likeness (QED) is 0.703. The standard InChI is InChI=1S/C21H17N5O3S/c27-21(16-9-6-11-25-13-14-30(28,29)24-19(16)25)23-20-18(15-7-2-1-3-8-15)22-17-10-4-5-12-26(17)20/h1-12H,13-14H2,(H,23,27). The van der Waals surface area contributed by atoms with Crippen LogP contribution in [0.3, 0.4) is 0 Å². The van der Waals surface area contributed by atoms with Gasteiger partial charge < -0.3 is 10.2 Å². The maximum Gasteiger partial charge on any atom is 0.260 e. The zero-order valence-corrected chi connectivity index (χ0v) is 16.6. The molecule has 8 nitrogen and oxygen atoms in total. The van der Waals surface area contributed by atoms with E-state index >= 15 is 0 Å². The van der Waals surface area contributed by atoms with Crippen molar-refractivity contribution in [1.82, 2.24) is 14.3 Å². The fourth-order valence-electron chi connectivity index (χ4n) is 3.48. The normalized spacial score (nSPS) is 17.3. The van der Waals surface area contributed by atoms with Crippen LogP contribution in [0, 0.1) is 0 Å². The van der Waals surface area contributed by atoms with Crippen molar-refractivity contribution in [3.8, 4) is 11.3 Å². The van der Waals surface area contributed by atoms with Gasteiger partial charge in [-0.3, -0.25) is 9.20 Å². The van der Waals surface area contributed by atoms with Gasteiger partial charge in [-0.25, -0.2) is 13.4 Å². The second kappa shape index (κ2) is 6.96. The van der Waals surface area contributed by atoms with Gasteiger partial charge in [-0.05, 0) is 24.3 Å². The molecule has 0 unspecified atom stereocenters. The number of allylic oxidation sites excluding steroid dienone is 2. The summed E-state index contributed by atoms with van der Waals surface area (Å²) >= 11 is 0. The van der Waals surface area contributed by atoms with E-state index in [0.29, 0.717) is 17.2 Å². The van der Waals surface area contributed by atoms with Crippen LogP contribution in [-0.4, -0.2) is 46.7 Å². The van der Waals surface area contributed by atoms with Gasteiger partial charge in [0, 0.05) is 24.5 Å². The van der Waals surface area contributed by atoms with E-state index in [1.807, 2.05) is 54.7 Å². The highest BCUT2D eigenvalue weighted by Crippen LogP contribution is 2.29. The zero-order valence-electron chi connectivity index (χ0n) is 15.8. The van der Waals surface area contributed by atoms with Crippen LogP contribution in [0.1, 0.15) is 0 Å². The van der Waals surface area contributed by atoms with Crippen LogP contribution in [0.5, 0.6) is 0 Å². The summed E-state index contributed by atoms with van der Waals surface area (Å²) < 4.78 is 29.6. The second-order valence-corrected chi connectivity index (χ2v) is 8.63. The van der Waals surface area contributed by atoms with Crippen molar-refractivity contribution in [2.75, 3.05) is 17.6 Å². The third kappa shape index (κ3) is 3.18. The summed E-state index contributed by atoms with van der Waals surface area (Å²) in [6.45, 7) is 0.257. The molecule has 0 aliphatic carbocycles. The lowest BCUT2D eigenvalue weighted by Crippen LogP contribution is -2.41. The lowest BCUT2D eigenvalue weighted by Gasteiger charge is -2.28. The van der Waals surface area contributed by atoms with Crippen LogP contribution in [0.4, 0.5) is 5.82 Å². The number of anilines is 1. The minimum atomic E-state index is -3.59. The molecule has 0 saturated carbocycles. The number of pyridine rings is 1. The number of aromatic nitrogens is 2. The number of nitrogens with zero attached hydrogens (tertiary/aromatic N) is 4. The molecule has 2 aromatic heterocycles. The van der Waals surface area contributed by atoms with Crippen molar-refractivity contribution in [3.63, 3.8) is 0 Å². The molecule has 1 amide bonds. The fourth-order valence-corrected chi connectivity index (χ4v) is 4.47. The van der Waals surface area contributed by atoms with Crippen molar-refractivity contribution in [2.45, 2.75) is 0 Å². The van der Waals surface area contributed by atoms with Crippen LogP contribution in [-0.2, 0) is 14.8 Å². The molecule has 3 aromatic rings. The van der Waals surface area contributed by atoms with Gasteiger partial charge in [0.15, 0.2) is 5.84 Å². The largest absolute Gasteiger partial charge is 0.331 e. The zero-order chi connectivity index (χ0) is 20.7. The smallest absolute Gasteiger partial charge is 0.260 e. The number of rotatable bonds is 3. The molecule has 0 radical (unpaired) electrons. The molecule has 2 aliphatic heterocycles. The Kier molecular flexibility index (Phi) is 4.25. The van der Waals surface area contributed by atoms with E-state index in [4.69, 9.17) is 0 Å². The van der Waals surface area contributed by atoms with Crippen LogP contribution in [0.25, 0.3) is 16.9 Å². The van der Waals surface area contributed by atoms with E-state index in [1.54, 1.807) is 27.7 Å². The molecular weight excluding hydrogens is 402 g/mol. The Morgan fingerprint density at radius 1 is 1.07 bits per heavy atom. The summed E-state index contributed by atoms with van der Waals surface area (Å²) in [5.74, 6) is 0.101. The number of hydrogen-bond acceptors (Lipinski definition) is 5. The minimum absolute atomic E-state index is 0.0822. The number of carbonyl (C=O) groups excluding carboxylic acids is 1. The average Bonchev–Trinajstić information content (AvgIpc) is 3.12. The summed E-state index contributed by atoms with van der Waals surface area (Å²) in [6.07, 6.45) is 6.80. The maximum absolute atomic E-state index is 13.2. The van der Waals surface area contributed by atoms with Crippen LogP contribution >= 0.6 is 0 Å². The molecule has 150 valence electrons. The Bertz CT molecular complexity index is 1350. The number of amides is 1. The SMILES string of the molecule is O=C(Nc1c(-c2ccccc2)nc2ccccn12)C1=CC=CN2CCS(=O)(=O)N=C12. The topological polar surface area (TPSA) is 96.1 Å². The first-order chi connectivity index (χ1) is 14.5. The number of imidazole rings is 1. The molecule has 0 spiro atoms. The molecule has 1 N–H and O–H groups in total. The summed E-state index contributed by atoms with van der Waals surface area (Å²) in [5, 5.41) is 2.92. The van der Waals surface area contributed by atoms with E-state index < -0.39 is 15.9 Å². The van der Waals surface area contributed by atoms with E-state index in [2.05, 4.69) is 14.7 Å². The summed E-state index contributed by atoms with van der Waals surface area (Å²) in [6, 6.07) is 15.1. The van der Waals surface area contributed by atoms with Crippen LogP contribution in [0.15, 0.2) is 83.1 Å². The number of benzene rings is 1. The summed E-state index contributed by atoms with van der Waals surface area (Å²) in [7, 11) is -3.59. The van der Waals surface area contributed by atoms with Crippen molar-refractivity contribution in [1.29, 1.82) is 0 Å². The highest BCUT2D eigenvalue weighted by atomic mass is 32.2. The Morgan fingerprint density at radius 2 is 1.87 bits per heavy atom. The van der Waals surface area contributed by atoms with Crippen LogP contribution < -0.4 is 5.32 Å². The van der Waals surface area contributed by atoms with Gasteiger partial charge in [0.1, 0.15) is 17.2 Å². The van der Waals surface area contributed by atoms with Gasteiger partial charge in [-0.15, -0.1) is 4.40 Å². The molecule has 9 heteroatoms. The number of sulfonamides is 1. The van der Waals surface area contributed by atoms with Crippen molar-refractivity contribution < 1.29 is 13.2 Å². The lowest BCUT2D eigenvalue weighted by atomic mass is 10.1. The molecule has 1 aromatic carbocycles. The minimum Gasteiger partial charge on any atom is -0.331 e. The van der Waals surface area contributed by atoms with Gasteiger partial charge in [0.25, 0.3) is 15.9 Å². The maximum atomic E-state index is 13.2. The molecule has 0 bridgehead atoms. The number of amidine groups is 1. The molecule has 0 atom stereocenters. The number of hydrogen-bond donors (Lipinski definition) is 1. The summed E-state index contributed by atoms with van der Waals surface area (Å²) in [4.78, 5) is 19.5. The van der Waals surface area contributed by atoms with Gasteiger partial charge in [0.05, 0.1) is 11.3 Å². The van der Waals surface area contributed by atoms with Gasteiger partial charge >= 0.3 is 0 Å². The third-order valence-corrected chi connectivity index (χ3v) is 6.06. The van der Waals surface area contributed by atoms with Crippen molar-refractivity contribution in [3.05, 3.63) is 78.7 Å². The number of fused-ring (bicyclic) bond motifs is 2. The van der Waals surface area contributed by atoms with E-state index in [1.165, 1.54) is 0 Å². The third-order valence-electron chi connectivity index (χ3n) is 4.91. The number of nitrogens with one attached hydrogen (secondary N) is 1. The Balaban J connectivity index is 1.58. The predicted molar refractivity (Wildman–Crippen MR) is 114 cm³/mol. The van der Waals surface area contributed by atoms with Gasteiger partial charge in [-0.1, -0.05) is 36.4 Å². The highest BCUT2D eigenvalue weighted by molar-refractivity contribution is 7.90. The molecule has 0 fully saturated rings. The first-order valence-electron chi connectivity index (χ1n) is 9.34. The Hall–Kier alpha value is -3.72. The van der Waals surface area contributed by atoms with E-state index in [0.717, 1.165) is 5.56 Å². The molecule has 0 saturated heterocycles. The summed E-state index contributed by atoms with van der Waals surface area (Å²) in [5.41, 5.74) is 2.35. The Labute approximate surface area is 172 Å². The van der Waals surface area contributed by atoms with Gasteiger partial charge in [0.2, 0.25) is 0 Å². The first kappa shape index (κ1) is 18.3. The lowest BCUT2D eigenvalue weighted by molar-refractivity contribution is -0.112. The fraction of sp³-hybridized carbons (Fsp3) is 0.0952. The molecular formula is C21H17N5O3S. The van der Waals surface area contributed by atoms with Gasteiger partial charge in [-0.2, -0.15) is 0 Å². The molecule has 5 rings (SSSR count). The average molecular weight is 419 g/mol. The van der Waals surface area contributed by atoms with E-state index in [-0.39, 0.29) is 23.7 Å². The molecule has 2 aliphatic rings. The van der Waals surface area contributed by atoms with E-state index in [9.17, 15) is 13.2 Å². The van der Waals surface area contributed by atoms with Crippen molar-refractivity contribution >= 4 is 33.2 Å². The highest BCUT2D eigenvalue weighted by Gasteiger charge is 2.30.